The average Bonchev–Trinajstić information content (AvgIpc) is 2.98. The first-order valence-corrected chi connectivity index (χ1v) is 4.06. The standard InChI is InChI=1S/C6H8O3.C4H5N/c1-2-6(7)9-4-5-3-8-5;1-4(2)3-5/h2,5H,1,3-4H2;1H2,2H3. The molecule has 0 spiro atoms. The van der Waals surface area contributed by atoms with E-state index < -0.39 is 0 Å². The van der Waals surface area contributed by atoms with E-state index in [0.29, 0.717) is 18.8 Å². The third kappa shape index (κ3) is 8.50. The number of rotatable bonds is 3. The molecule has 4 nitrogen and oxygen atoms in total. The van der Waals surface area contributed by atoms with Crippen LogP contribution in [0.4, 0.5) is 0 Å². The number of hydrogen-bond acceptors (Lipinski definition) is 4. The zero-order valence-corrected chi connectivity index (χ0v) is 8.16. The van der Waals surface area contributed by atoms with Gasteiger partial charge < -0.3 is 9.47 Å². The third-order valence-electron chi connectivity index (χ3n) is 1.17. The molecule has 0 N–H and O–H groups in total. The van der Waals surface area contributed by atoms with Crippen molar-refractivity contribution in [1.29, 1.82) is 5.26 Å². The molecule has 1 aliphatic rings. The SMILES string of the molecule is C=C(C)C#N.C=CC(=O)OCC1CO1. The summed E-state index contributed by atoms with van der Waals surface area (Å²) in [7, 11) is 0. The average molecular weight is 195 g/mol. The normalized spacial score (nSPS) is 16.7. The number of carbonyl (C=O) groups is 1. The lowest BCUT2D eigenvalue weighted by Crippen LogP contribution is -2.06. The Kier molecular flexibility index (Phi) is 6.08. The van der Waals surface area contributed by atoms with Crippen LogP contribution in [-0.4, -0.2) is 25.3 Å². The van der Waals surface area contributed by atoms with E-state index in [2.05, 4.69) is 17.9 Å². The van der Waals surface area contributed by atoms with Gasteiger partial charge in [-0.1, -0.05) is 13.2 Å². The van der Waals surface area contributed by atoms with Crippen molar-refractivity contribution >= 4 is 5.97 Å². The van der Waals surface area contributed by atoms with Crippen LogP contribution >= 0.6 is 0 Å². The molecule has 1 unspecified atom stereocenters. The second-order valence-corrected chi connectivity index (χ2v) is 2.68. The molecule has 0 saturated carbocycles. The van der Waals surface area contributed by atoms with Gasteiger partial charge in [0.25, 0.3) is 0 Å². The number of epoxide rings is 1. The summed E-state index contributed by atoms with van der Waals surface area (Å²) < 4.78 is 9.42. The van der Waals surface area contributed by atoms with Crippen LogP contribution < -0.4 is 0 Å². The molecule has 1 saturated heterocycles. The monoisotopic (exact) mass is 195 g/mol. The highest BCUT2D eigenvalue weighted by Crippen LogP contribution is 2.08. The minimum absolute atomic E-state index is 0.147. The number of allylic oxidation sites excluding steroid dienone is 1. The predicted molar refractivity (Wildman–Crippen MR) is 51.3 cm³/mol. The van der Waals surface area contributed by atoms with Crippen LogP contribution in [0.15, 0.2) is 24.8 Å². The Hall–Kier alpha value is -1.60. The molecule has 4 heteroatoms. The van der Waals surface area contributed by atoms with Gasteiger partial charge in [-0.15, -0.1) is 0 Å². The molecule has 0 aliphatic carbocycles. The van der Waals surface area contributed by atoms with E-state index >= 15 is 0 Å². The Balaban J connectivity index is 0.000000292. The maximum atomic E-state index is 10.3. The highest BCUT2D eigenvalue weighted by Gasteiger charge is 2.23. The Labute approximate surface area is 83.4 Å². The minimum atomic E-state index is -0.384. The maximum absolute atomic E-state index is 10.3. The van der Waals surface area contributed by atoms with Gasteiger partial charge in [-0.3, -0.25) is 0 Å². The second kappa shape index (κ2) is 6.87. The number of nitriles is 1. The summed E-state index contributed by atoms with van der Waals surface area (Å²) in [4.78, 5) is 10.3. The molecule has 1 rings (SSSR count). The van der Waals surface area contributed by atoms with Gasteiger partial charge in [-0.05, 0) is 6.92 Å². The molecule has 0 bridgehead atoms. The lowest BCUT2D eigenvalue weighted by molar-refractivity contribution is -0.138. The molecule has 1 heterocycles. The Morgan fingerprint density at radius 1 is 1.86 bits per heavy atom. The fraction of sp³-hybridized carbons (Fsp3) is 0.400. The van der Waals surface area contributed by atoms with E-state index in [0.717, 1.165) is 6.08 Å². The van der Waals surface area contributed by atoms with Gasteiger partial charge in [0.2, 0.25) is 0 Å². The van der Waals surface area contributed by atoms with E-state index in [1.165, 1.54) is 0 Å². The number of hydrogen-bond donors (Lipinski definition) is 0. The zero-order chi connectivity index (χ0) is 11.0. The van der Waals surface area contributed by atoms with Crippen LogP contribution in [0, 0.1) is 11.3 Å². The van der Waals surface area contributed by atoms with Gasteiger partial charge in [0.15, 0.2) is 0 Å². The zero-order valence-electron chi connectivity index (χ0n) is 8.16. The van der Waals surface area contributed by atoms with E-state index in [9.17, 15) is 4.79 Å². The van der Waals surface area contributed by atoms with Crippen molar-refractivity contribution in [3.05, 3.63) is 24.8 Å². The van der Waals surface area contributed by atoms with Crippen molar-refractivity contribution in [2.24, 2.45) is 0 Å². The van der Waals surface area contributed by atoms with Crippen LogP contribution in [0.25, 0.3) is 0 Å². The first-order chi connectivity index (χ1) is 6.60. The van der Waals surface area contributed by atoms with Crippen molar-refractivity contribution in [2.75, 3.05) is 13.2 Å². The molecule has 0 aromatic heterocycles. The molecule has 0 aromatic rings. The van der Waals surface area contributed by atoms with Crippen LogP contribution in [0.1, 0.15) is 6.92 Å². The highest BCUT2D eigenvalue weighted by molar-refractivity contribution is 5.81. The lowest BCUT2D eigenvalue weighted by atomic mass is 10.4. The van der Waals surface area contributed by atoms with Crippen LogP contribution in [0.2, 0.25) is 0 Å². The molecule has 0 amide bonds. The van der Waals surface area contributed by atoms with Crippen molar-refractivity contribution in [3.8, 4) is 6.07 Å². The number of esters is 1. The van der Waals surface area contributed by atoms with Crippen molar-refractivity contribution < 1.29 is 14.3 Å². The van der Waals surface area contributed by atoms with Gasteiger partial charge in [-0.25, -0.2) is 4.79 Å². The third-order valence-corrected chi connectivity index (χ3v) is 1.17. The van der Waals surface area contributed by atoms with Crippen molar-refractivity contribution in [3.63, 3.8) is 0 Å². The first-order valence-electron chi connectivity index (χ1n) is 4.06. The summed E-state index contributed by atoms with van der Waals surface area (Å²) >= 11 is 0. The largest absolute Gasteiger partial charge is 0.460 e. The summed E-state index contributed by atoms with van der Waals surface area (Å²) in [5, 5.41) is 7.79. The van der Waals surface area contributed by atoms with Gasteiger partial charge in [-0.2, -0.15) is 5.26 Å². The van der Waals surface area contributed by atoms with Gasteiger partial charge in [0.1, 0.15) is 12.7 Å². The highest BCUT2D eigenvalue weighted by atomic mass is 16.6. The van der Waals surface area contributed by atoms with E-state index in [1.54, 1.807) is 6.92 Å². The summed E-state index contributed by atoms with van der Waals surface area (Å²) in [5.41, 5.74) is 0.560. The predicted octanol–water partition coefficient (Wildman–Crippen LogP) is 1.20. The minimum Gasteiger partial charge on any atom is -0.460 e. The molecule has 1 fully saturated rings. The summed E-state index contributed by atoms with van der Waals surface area (Å²) in [5.74, 6) is -0.384. The molecule has 14 heavy (non-hydrogen) atoms. The van der Waals surface area contributed by atoms with E-state index in [-0.39, 0.29) is 12.1 Å². The summed E-state index contributed by atoms with van der Waals surface area (Å²) in [6.07, 6.45) is 1.29. The van der Waals surface area contributed by atoms with E-state index in [4.69, 9.17) is 10.00 Å². The van der Waals surface area contributed by atoms with Crippen LogP contribution in [0.3, 0.4) is 0 Å². The molecule has 1 aliphatic heterocycles. The van der Waals surface area contributed by atoms with Gasteiger partial charge in [0.05, 0.1) is 12.7 Å². The van der Waals surface area contributed by atoms with Gasteiger partial charge in [0, 0.05) is 11.6 Å². The second-order valence-electron chi connectivity index (χ2n) is 2.68. The van der Waals surface area contributed by atoms with Crippen LogP contribution in [0.5, 0.6) is 0 Å². The molecular weight excluding hydrogens is 182 g/mol. The fourth-order valence-electron chi connectivity index (χ4n) is 0.398. The fourth-order valence-corrected chi connectivity index (χ4v) is 0.398. The maximum Gasteiger partial charge on any atom is 0.330 e. The number of ether oxygens (including phenoxy) is 2. The quantitative estimate of drug-likeness (QED) is 0.294. The Morgan fingerprint density at radius 2 is 2.36 bits per heavy atom. The topological polar surface area (TPSA) is 62.6 Å². The molecule has 0 radical (unpaired) electrons. The molecule has 76 valence electrons. The Bertz CT molecular complexity index is 261. The smallest absolute Gasteiger partial charge is 0.330 e. The summed E-state index contributed by atoms with van der Waals surface area (Å²) in [6, 6.07) is 1.83. The lowest BCUT2D eigenvalue weighted by Gasteiger charge is -1.94. The van der Waals surface area contributed by atoms with Crippen molar-refractivity contribution in [2.45, 2.75) is 13.0 Å². The molecule has 0 aromatic carbocycles. The number of carbonyl (C=O) groups excluding carboxylic acids is 1. The number of nitrogens with zero attached hydrogens (tertiary/aromatic N) is 1. The summed E-state index contributed by atoms with van der Waals surface area (Å²) in [6.45, 7) is 9.30. The Morgan fingerprint density at radius 3 is 2.64 bits per heavy atom. The van der Waals surface area contributed by atoms with E-state index in [1.807, 2.05) is 6.07 Å². The van der Waals surface area contributed by atoms with Crippen molar-refractivity contribution in [1.82, 2.24) is 0 Å². The first kappa shape index (κ1) is 12.4. The molecular formula is C10H13NO3. The molecule has 1 atom stereocenters. The van der Waals surface area contributed by atoms with Gasteiger partial charge >= 0.3 is 5.97 Å². The van der Waals surface area contributed by atoms with Crippen LogP contribution in [-0.2, 0) is 14.3 Å².